The fourth-order valence-corrected chi connectivity index (χ4v) is 5.41. The van der Waals surface area contributed by atoms with Gasteiger partial charge in [-0.3, -0.25) is 0 Å². The fourth-order valence-electron chi connectivity index (χ4n) is 4.31. The number of benzene rings is 3. The van der Waals surface area contributed by atoms with Crippen LogP contribution in [0.15, 0.2) is 102 Å². The van der Waals surface area contributed by atoms with Crippen LogP contribution in [0, 0.1) is 6.92 Å². The van der Waals surface area contributed by atoms with Gasteiger partial charge >= 0.3 is 0 Å². The molecule has 0 aliphatic rings. The minimum atomic E-state index is -3.66. The van der Waals surface area contributed by atoms with E-state index in [-0.39, 0.29) is 11.4 Å². The van der Waals surface area contributed by atoms with E-state index in [4.69, 9.17) is 0 Å². The molecule has 0 aliphatic carbocycles. The van der Waals surface area contributed by atoms with E-state index in [0.29, 0.717) is 6.42 Å². The number of nitrogens with one attached hydrogen (secondary N) is 1. The van der Waals surface area contributed by atoms with E-state index in [0.717, 1.165) is 41.5 Å². The van der Waals surface area contributed by atoms with Gasteiger partial charge in [0.25, 0.3) is 0 Å². The second-order valence-corrected chi connectivity index (χ2v) is 10.6. The molecule has 0 saturated carbocycles. The quantitative estimate of drug-likeness (QED) is 0.238. The highest BCUT2D eigenvalue weighted by Crippen LogP contribution is 2.39. The molecule has 0 aromatic heterocycles. The third-order valence-electron chi connectivity index (χ3n) is 6.23. The van der Waals surface area contributed by atoms with Crippen molar-refractivity contribution < 1.29 is 8.42 Å². The zero-order valence-electron chi connectivity index (χ0n) is 19.8. The number of unbranched alkanes of at least 4 members (excludes halogenated alkanes) is 2. The zero-order chi connectivity index (χ0) is 23.7. The van der Waals surface area contributed by atoms with Crippen LogP contribution in [0.2, 0.25) is 0 Å². The van der Waals surface area contributed by atoms with E-state index in [1.807, 2.05) is 55.5 Å². The summed E-state index contributed by atoms with van der Waals surface area (Å²) in [5.74, 6) is 0. The van der Waals surface area contributed by atoms with Gasteiger partial charge in [0.05, 0.1) is 4.90 Å². The van der Waals surface area contributed by atoms with Crippen molar-refractivity contribution in [3.8, 4) is 0 Å². The Morgan fingerprint density at radius 1 is 0.848 bits per heavy atom. The maximum absolute atomic E-state index is 13.2. The summed E-state index contributed by atoms with van der Waals surface area (Å²) in [4.78, 5) is 0.282. The van der Waals surface area contributed by atoms with E-state index in [1.165, 1.54) is 6.42 Å². The molecule has 3 rings (SSSR count). The average Bonchev–Trinajstić information content (AvgIpc) is 2.83. The van der Waals surface area contributed by atoms with Crippen molar-refractivity contribution in [2.24, 2.45) is 0 Å². The van der Waals surface area contributed by atoms with Crippen LogP contribution in [0.25, 0.3) is 0 Å². The summed E-state index contributed by atoms with van der Waals surface area (Å²) < 4.78 is 29.4. The third kappa shape index (κ3) is 6.43. The number of rotatable bonds is 12. The summed E-state index contributed by atoms with van der Waals surface area (Å²) >= 11 is 0. The number of aryl methyl sites for hydroxylation is 1. The van der Waals surface area contributed by atoms with Gasteiger partial charge in [-0.05, 0) is 49.4 Å². The second-order valence-electron chi connectivity index (χ2n) is 8.84. The molecule has 0 radical (unpaired) electrons. The molecule has 0 saturated heterocycles. The van der Waals surface area contributed by atoms with E-state index < -0.39 is 15.4 Å². The maximum Gasteiger partial charge on any atom is 0.240 e. The van der Waals surface area contributed by atoms with Gasteiger partial charge in [-0.25, -0.2) is 13.1 Å². The molecule has 3 aromatic rings. The lowest BCUT2D eigenvalue weighted by Crippen LogP contribution is -2.42. The molecule has 1 N–H and O–H groups in total. The van der Waals surface area contributed by atoms with Gasteiger partial charge in [0, 0.05) is 12.0 Å². The first-order chi connectivity index (χ1) is 15.9. The Labute approximate surface area is 199 Å². The van der Waals surface area contributed by atoms with Crippen molar-refractivity contribution in [2.75, 3.05) is 6.54 Å². The molecule has 0 fully saturated rings. The highest BCUT2D eigenvalue weighted by molar-refractivity contribution is 7.89. The molecule has 3 aromatic carbocycles. The summed E-state index contributed by atoms with van der Waals surface area (Å²) in [5, 5.41) is 0. The highest BCUT2D eigenvalue weighted by atomic mass is 32.2. The van der Waals surface area contributed by atoms with Crippen LogP contribution < -0.4 is 4.72 Å². The first-order valence-electron chi connectivity index (χ1n) is 11.7. The smallest absolute Gasteiger partial charge is 0.210 e. The Hall–Kier alpha value is -2.69. The van der Waals surface area contributed by atoms with Gasteiger partial charge in [0.2, 0.25) is 10.0 Å². The predicted molar refractivity (Wildman–Crippen MR) is 138 cm³/mol. The molecule has 0 bridgehead atoms. The van der Waals surface area contributed by atoms with Crippen molar-refractivity contribution >= 4 is 10.0 Å². The Morgan fingerprint density at radius 3 is 1.91 bits per heavy atom. The third-order valence-corrected chi connectivity index (χ3v) is 7.65. The van der Waals surface area contributed by atoms with Crippen molar-refractivity contribution in [1.82, 2.24) is 4.72 Å². The summed E-state index contributed by atoms with van der Waals surface area (Å²) in [6, 6.07) is 27.4. The van der Waals surface area contributed by atoms with Crippen LogP contribution in [-0.2, 0) is 15.4 Å². The lowest BCUT2D eigenvalue weighted by molar-refractivity contribution is 0.481. The number of allylic oxidation sites excluding steroid dienone is 1. The maximum atomic E-state index is 13.2. The van der Waals surface area contributed by atoms with Crippen molar-refractivity contribution in [3.05, 3.63) is 114 Å². The molecule has 3 nitrogen and oxygen atoms in total. The minimum absolute atomic E-state index is 0.254. The van der Waals surface area contributed by atoms with Gasteiger partial charge in [0.1, 0.15) is 0 Å². The minimum Gasteiger partial charge on any atom is -0.210 e. The Kier molecular flexibility index (Phi) is 8.65. The van der Waals surface area contributed by atoms with Crippen LogP contribution >= 0.6 is 0 Å². The summed E-state index contributed by atoms with van der Waals surface area (Å²) in [7, 11) is -3.66. The largest absolute Gasteiger partial charge is 0.240 e. The zero-order valence-corrected chi connectivity index (χ0v) is 20.6. The highest BCUT2D eigenvalue weighted by Gasteiger charge is 2.36. The molecule has 0 aliphatic heterocycles. The predicted octanol–water partition coefficient (Wildman–Crippen LogP) is 6.79. The number of hydrogen-bond donors (Lipinski definition) is 1. The Bertz CT molecular complexity index is 1080. The topological polar surface area (TPSA) is 46.2 Å². The fraction of sp³-hybridized carbons (Fsp3) is 0.310. The molecule has 0 atom stereocenters. The molecular formula is C29H35NO2S. The summed E-state index contributed by atoms with van der Waals surface area (Å²) in [6.07, 6.45) is 5.06. The Balaban J connectivity index is 2.01. The molecule has 174 valence electrons. The van der Waals surface area contributed by atoms with Crippen molar-refractivity contribution in [1.29, 1.82) is 0 Å². The van der Waals surface area contributed by atoms with Gasteiger partial charge < -0.3 is 0 Å². The molecule has 0 spiro atoms. The van der Waals surface area contributed by atoms with Gasteiger partial charge in [-0.2, -0.15) is 0 Å². The molecule has 0 heterocycles. The first kappa shape index (κ1) is 24.9. The average molecular weight is 462 g/mol. The van der Waals surface area contributed by atoms with Crippen LogP contribution in [-0.4, -0.2) is 15.0 Å². The monoisotopic (exact) mass is 461 g/mol. The Morgan fingerprint density at radius 2 is 1.39 bits per heavy atom. The van der Waals surface area contributed by atoms with E-state index in [1.54, 1.807) is 12.1 Å². The van der Waals surface area contributed by atoms with Crippen LogP contribution in [0.4, 0.5) is 0 Å². The SMILES string of the molecule is C=C(CCCCC)CC(CNS(=O)(=O)c1ccc(C)cc1)(c1ccccc1)c1ccccc1. The van der Waals surface area contributed by atoms with Crippen LogP contribution in [0.3, 0.4) is 0 Å². The molecular weight excluding hydrogens is 426 g/mol. The van der Waals surface area contributed by atoms with Crippen molar-refractivity contribution in [3.63, 3.8) is 0 Å². The van der Waals surface area contributed by atoms with Crippen LogP contribution in [0.5, 0.6) is 0 Å². The molecule has 4 heteroatoms. The number of hydrogen-bond acceptors (Lipinski definition) is 2. The second kappa shape index (κ2) is 11.4. The summed E-state index contributed by atoms with van der Waals surface area (Å²) in [5.41, 5.74) is 3.79. The lowest BCUT2D eigenvalue weighted by atomic mass is 9.70. The van der Waals surface area contributed by atoms with Gasteiger partial charge in [-0.1, -0.05) is 110 Å². The standard InChI is InChI=1S/C29H35NO2S/c1-4-5-8-13-25(3)22-29(26-14-9-6-10-15-26,27-16-11-7-12-17-27)23-30-33(31,32)28-20-18-24(2)19-21-28/h6-7,9-12,14-21,30H,3-5,8,13,22-23H2,1-2H3. The molecule has 0 unspecified atom stereocenters. The number of sulfonamides is 1. The van der Waals surface area contributed by atoms with E-state index in [2.05, 4.69) is 42.5 Å². The lowest BCUT2D eigenvalue weighted by Gasteiger charge is -2.36. The van der Waals surface area contributed by atoms with E-state index >= 15 is 0 Å². The molecule has 33 heavy (non-hydrogen) atoms. The van der Waals surface area contributed by atoms with Gasteiger partial charge in [-0.15, -0.1) is 0 Å². The summed E-state index contributed by atoms with van der Waals surface area (Å²) in [6.45, 7) is 8.79. The van der Waals surface area contributed by atoms with Crippen molar-refractivity contribution in [2.45, 2.75) is 56.3 Å². The first-order valence-corrected chi connectivity index (χ1v) is 13.2. The van der Waals surface area contributed by atoms with Crippen LogP contribution in [0.1, 0.15) is 55.7 Å². The van der Waals surface area contributed by atoms with Gasteiger partial charge in [0.15, 0.2) is 0 Å². The van der Waals surface area contributed by atoms with E-state index in [9.17, 15) is 8.42 Å². The molecule has 0 amide bonds. The normalized spacial score (nSPS) is 11.9.